The monoisotopic (exact) mass is 460 g/mol. The maximum absolute atomic E-state index is 13.2. The van der Waals surface area contributed by atoms with Crippen LogP contribution in [0.2, 0.25) is 0 Å². The van der Waals surface area contributed by atoms with E-state index in [0.29, 0.717) is 13.1 Å². The van der Waals surface area contributed by atoms with Crippen LogP contribution in [-0.4, -0.2) is 101 Å². The molecule has 178 valence electrons. The molecule has 0 radical (unpaired) electrons. The molecule has 34 heavy (non-hydrogen) atoms. The molecule has 5 rings (SSSR count). The van der Waals surface area contributed by atoms with E-state index in [1.165, 1.54) is 10.5 Å². The topological polar surface area (TPSA) is 62.7 Å². The maximum Gasteiger partial charge on any atom is 0.328 e. The van der Waals surface area contributed by atoms with Crippen molar-refractivity contribution in [1.82, 2.24) is 24.5 Å². The molecule has 8 nitrogen and oxygen atoms in total. The fraction of sp³-hybridized carbons (Fsp3) is 0.423. The lowest BCUT2D eigenvalue weighted by Gasteiger charge is -2.40. The summed E-state index contributed by atoms with van der Waals surface area (Å²) in [7, 11) is 3.29. The number of aliphatic imine (C=N–C) groups is 1. The van der Waals surface area contributed by atoms with Crippen LogP contribution >= 0.6 is 0 Å². The molecule has 3 heterocycles. The lowest BCUT2D eigenvalue weighted by Crippen LogP contribution is -2.64. The van der Waals surface area contributed by atoms with Crippen molar-refractivity contribution in [3.8, 4) is 0 Å². The van der Waals surface area contributed by atoms with Crippen LogP contribution in [0.1, 0.15) is 11.1 Å². The van der Waals surface area contributed by atoms with E-state index in [0.717, 1.165) is 44.1 Å². The summed E-state index contributed by atoms with van der Waals surface area (Å²) in [5, 5.41) is 0. The average Bonchev–Trinajstić information content (AvgIpc) is 3.21. The van der Waals surface area contributed by atoms with Gasteiger partial charge in [-0.25, -0.2) is 9.79 Å². The summed E-state index contributed by atoms with van der Waals surface area (Å²) in [4.78, 5) is 40.5. The number of carbonyl (C=O) groups excluding carboxylic acids is 2. The Kier molecular flexibility index (Phi) is 6.34. The number of carbonyl (C=O) groups is 2. The first-order valence-corrected chi connectivity index (χ1v) is 11.9. The van der Waals surface area contributed by atoms with E-state index < -0.39 is 12.2 Å². The number of amides is 3. The number of hydrogen-bond acceptors (Lipinski definition) is 6. The molecule has 2 aromatic carbocycles. The first-order valence-electron chi connectivity index (χ1n) is 11.9. The fourth-order valence-corrected chi connectivity index (χ4v) is 5.07. The second-order valence-corrected chi connectivity index (χ2v) is 9.35. The second-order valence-electron chi connectivity index (χ2n) is 9.35. The van der Waals surface area contributed by atoms with Gasteiger partial charge in [0.05, 0.1) is 6.54 Å². The van der Waals surface area contributed by atoms with Crippen LogP contribution in [0.25, 0.3) is 0 Å². The molecule has 8 heteroatoms. The summed E-state index contributed by atoms with van der Waals surface area (Å²) in [5.41, 5.74) is 2.46. The first kappa shape index (κ1) is 22.6. The van der Waals surface area contributed by atoms with E-state index >= 15 is 0 Å². The van der Waals surface area contributed by atoms with Crippen LogP contribution in [0.3, 0.4) is 0 Å². The second kappa shape index (κ2) is 9.56. The molecule has 3 aliphatic rings. The van der Waals surface area contributed by atoms with Gasteiger partial charge in [0, 0.05) is 53.4 Å². The Labute approximate surface area is 201 Å². The lowest BCUT2D eigenvalue weighted by atomic mass is 10.1. The van der Waals surface area contributed by atoms with Crippen LogP contribution < -0.4 is 0 Å². The van der Waals surface area contributed by atoms with Crippen molar-refractivity contribution in [2.75, 3.05) is 46.8 Å². The van der Waals surface area contributed by atoms with Crippen molar-refractivity contribution in [2.45, 2.75) is 25.3 Å². The molecule has 0 N–H and O–H groups in total. The number of benzene rings is 2. The van der Waals surface area contributed by atoms with E-state index in [4.69, 9.17) is 4.99 Å². The van der Waals surface area contributed by atoms with Gasteiger partial charge in [-0.1, -0.05) is 60.7 Å². The van der Waals surface area contributed by atoms with Gasteiger partial charge in [-0.2, -0.15) is 0 Å². The Morgan fingerprint density at radius 3 is 1.88 bits per heavy atom. The Morgan fingerprint density at radius 1 is 0.765 bits per heavy atom. The Bertz CT molecular complexity index is 1050. The molecule has 0 aromatic heterocycles. The van der Waals surface area contributed by atoms with Crippen LogP contribution in [-0.2, 0) is 17.9 Å². The molecule has 2 unspecified atom stereocenters. The number of fused-ring (bicyclic) bond motifs is 1. The number of rotatable bonds is 6. The third-order valence-electron chi connectivity index (χ3n) is 7.07. The lowest BCUT2D eigenvalue weighted by molar-refractivity contribution is -0.136. The minimum absolute atomic E-state index is 0.185. The number of amidine groups is 1. The third kappa shape index (κ3) is 4.43. The molecule has 0 bridgehead atoms. The standard InChI is InChI=1S/C26H32N6O2/c1-28-24-23(25(33)29(2)26(28)34)32(18-21-11-7-4-8-12-21)22(27-24)19-31-15-13-30(14-16-31)17-20-9-5-3-6-10-20/h3-12,23-24H,13-19H2,1-2H3. The normalized spacial score (nSPS) is 23.9. The molecule has 0 saturated carbocycles. The zero-order valence-electron chi connectivity index (χ0n) is 19.9. The molecule has 3 aliphatic heterocycles. The summed E-state index contributed by atoms with van der Waals surface area (Å²) in [6, 6.07) is 19.9. The predicted molar refractivity (Wildman–Crippen MR) is 131 cm³/mol. The van der Waals surface area contributed by atoms with Gasteiger partial charge in [0.15, 0.2) is 12.2 Å². The van der Waals surface area contributed by atoms with Crippen LogP contribution in [0.5, 0.6) is 0 Å². The molecule has 0 spiro atoms. The van der Waals surface area contributed by atoms with Gasteiger partial charge in [0.2, 0.25) is 0 Å². The SMILES string of the molecule is CN1C(=O)C2C(N=C(CN3CCN(Cc4ccccc4)CC3)N2Cc2ccccc2)N(C)C1=O. The average molecular weight is 461 g/mol. The van der Waals surface area contributed by atoms with Crippen LogP contribution in [0.15, 0.2) is 65.7 Å². The van der Waals surface area contributed by atoms with Crippen molar-refractivity contribution < 1.29 is 9.59 Å². The molecular weight excluding hydrogens is 428 g/mol. The van der Waals surface area contributed by atoms with Crippen molar-refractivity contribution in [3.63, 3.8) is 0 Å². The zero-order valence-corrected chi connectivity index (χ0v) is 19.9. The van der Waals surface area contributed by atoms with Crippen molar-refractivity contribution in [2.24, 2.45) is 4.99 Å². The number of urea groups is 1. The highest BCUT2D eigenvalue weighted by molar-refractivity contribution is 6.04. The summed E-state index contributed by atoms with van der Waals surface area (Å²) >= 11 is 0. The number of imide groups is 1. The van der Waals surface area contributed by atoms with Crippen molar-refractivity contribution in [3.05, 3.63) is 71.8 Å². The fourth-order valence-electron chi connectivity index (χ4n) is 5.07. The summed E-state index contributed by atoms with van der Waals surface area (Å²) < 4.78 is 0. The van der Waals surface area contributed by atoms with Gasteiger partial charge in [-0.3, -0.25) is 19.5 Å². The van der Waals surface area contributed by atoms with E-state index in [9.17, 15) is 9.59 Å². The van der Waals surface area contributed by atoms with E-state index in [1.807, 2.05) is 18.2 Å². The van der Waals surface area contributed by atoms with Crippen molar-refractivity contribution in [1.29, 1.82) is 0 Å². The Morgan fingerprint density at radius 2 is 1.29 bits per heavy atom. The van der Waals surface area contributed by atoms with Crippen LogP contribution in [0, 0.1) is 0 Å². The largest absolute Gasteiger partial charge is 0.339 e. The van der Waals surface area contributed by atoms with E-state index in [1.54, 1.807) is 19.0 Å². The van der Waals surface area contributed by atoms with Gasteiger partial charge in [-0.05, 0) is 11.1 Å². The zero-order chi connectivity index (χ0) is 23.7. The first-order chi connectivity index (χ1) is 16.5. The highest BCUT2D eigenvalue weighted by Crippen LogP contribution is 2.29. The molecule has 2 aromatic rings. The van der Waals surface area contributed by atoms with Gasteiger partial charge < -0.3 is 9.80 Å². The predicted octanol–water partition coefficient (Wildman–Crippen LogP) is 1.94. The molecule has 2 atom stereocenters. The number of likely N-dealkylation sites (N-methyl/N-ethyl adjacent to an activating group) is 2. The maximum atomic E-state index is 13.2. The Hall–Kier alpha value is -3.23. The summed E-state index contributed by atoms with van der Waals surface area (Å²) in [6.07, 6.45) is -0.478. The smallest absolute Gasteiger partial charge is 0.328 e. The molecule has 0 aliphatic carbocycles. The number of piperazine rings is 1. The molecule has 3 amide bonds. The van der Waals surface area contributed by atoms with Gasteiger partial charge in [-0.15, -0.1) is 0 Å². The number of hydrogen-bond donors (Lipinski definition) is 0. The summed E-state index contributed by atoms with van der Waals surface area (Å²) in [5.74, 6) is 0.703. The van der Waals surface area contributed by atoms with E-state index in [2.05, 4.69) is 57.2 Å². The quantitative estimate of drug-likeness (QED) is 0.659. The van der Waals surface area contributed by atoms with Crippen LogP contribution in [0.4, 0.5) is 4.79 Å². The Balaban J connectivity index is 1.30. The van der Waals surface area contributed by atoms with Gasteiger partial charge in [0.25, 0.3) is 5.91 Å². The third-order valence-corrected chi connectivity index (χ3v) is 7.07. The van der Waals surface area contributed by atoms with Gasteiger partial charge in [0.1, 0.15) is 5.84 Å². The number of nitrogens with zero attached hydrogens (tertiary/aromatic N) is 6. The minimum Gasteiger partial charge on any atom is -0.339 e. The van der Waals surface area contributed by atoms with Crippen molar-refractivity contribution >= 4 is 17.8 Å². The highest BCUT2D eigenvalue weighted by Gasteiger charge is 2.51. The molecule has 2 saturated heterocycles. The molecular formula is C26H32N6O2. The molecule has 2 fully saturated rings. The van der Waals surface area contributed by atoms with Gasteiger partial charge >= 0.3 is 6.03 Å². The summed E-state index contributed by atoms with van der Waals surface area (Å²) in [6.45, 7) is 6.12. The van der Waals surface area contributed by atoms with E-state index in [-0.39, 0.29) is 11.9 Å². The minimum atomic E-state index is -0.484. The highest BCUT2D eigenvalue weighted by atomic mass is 16.2.